The van der Waals surface area contributed by atoms with E-state index in [1.807, 2.05) is 6.92 Å². The maximum Gasteiger partial charge on any atom is 0.261 e. The van der Waals surface area contributed by atoms with E-state index < -0.39 is 0 Å². The Morgan fingerprint density at radius 2 is 2.07 bits per heavy atom. The number of aromatic nitrogens is 2. The topological polar surface area (TPSA) is 70.6 Å². The molecule has 1 amide bonds. The van der Waals surface area contributed by atoms with Gasteiger partial charge in [-0.1, -0.05) is 6.92 Å². The first-order chi connectivity index (χ1) is 13.2. The van der Waals surface area contributed by atoms with E-state index in [1.165, 1.54) is 17.8 Å². The van der Waals surface area contributed by atoms with Crippen LogP contribution in [0.2, 0.25) is 0 Å². The molecule has 8 heteroatoms. The summed E-state index contributed by atoms with van der Waals surface area (Å²) >= 11 is 1.45. The molecule has 0 spiro atoms. The molecule has 2 aromatic heterocycles. The number of nitrogens with one attached hydrogen (secondary N) is 1. The quantitative estimate of drug-likeness (QED) is 0.697. The number of hydrogen-bond acceptors (Lipinski definition) is 7. The number of nitrogens with zero attached hydrogens (tertiary/aromatic N) is 4. The Labute approximate surface area is 164 Å². The Kier molecular flexibility index (Phi) is 6.98. The van der Waals surface area contributed by atoms with E-state index in [0.717, 1.165) is 65.6 Å². The van der Waals surface area contributed by atoms with Gasteiger partial charge in [-0.05, 0) is 31.9 Å². The molecule has 2 aromatic rings. The molecule has 1 N–H and O–H groups in total. The second-order valence-corrected chi connectivity index (χ2v) is 7.86. The van der Waals surface area contributed by atoms with Gasteiger partial charge in [0.1, 0.15) is 17.0 Å². The van der Waals surface area contributed by atoms with E-state index in [2.05, 4.69) is 32.0 Å². The highest BCUT2D eigenvalue weighted by Crippen LogP contribution is 2.35. The Morgan fingerprint density at radius 1 is 1.30 bits per heavy atom. The molecule has 0 saturated carbocycles. The van der Waals surface area contributed by atoms with Crippen molar-refractivity contribution in [3.05, 3.63) is 16.8 Å². The number of piperazine rings is 1. The van der Waals surface area contributed by atoms with Crippen molar-refractivity contribution in [2.45, 2.75) is 26.7 Å². The number of thiophene rings is 1. The first kappa shape index (κ1) is 20.0. The lowest BCUT2D eigenvalue weighted by Gasteiger charge is -2.35. The van der Waals surface area contributed by atoms with Gasteiger partial charge >= 0.3 is 0 Å². The fraction of sp³-hybridized carbons (Fsp3) is 0.632. The van der Waals surface area contributed by atoms with Crippen LogP contribution in [0.15, 0.2) is 6.33 Å². The molecule has 0 radical (unpaired) electrons. The number of anilines is 1. The molecule has 27 heavy (non-hydrogen) atoms. The van der Waals surface area contributed by atoms with Crippen molar-refractivity contribution in [2.24, 2.45) is 0 Å². The second kappa shape index (κ2) is 9.43. The molecule has 0 atom stereocenters. The molecule has 148 valence electrons. The monoisotopic (exact) mass is 391 g/mol. The summed E-state index contributed by atoms with van der Waals surface area (Å²) in [5.41, 5.74) is 0.978. The number of methoxy groups -OCH3 is 1. The van der Waals surface area contributed by atoms with Crippen LogP contribution >= 0.6 is 11.3 Å². The zero-order chi connectivity index (χ0) is 19.2. The van der Waals surface area contributed by atoms with Crippen LogP contribution in [0.1, 0.15) is 35.0 Å². The maximum absolute atomic E-state index is 12.6. The summed E-state index contributed by atoms with van der Waals surface area (Å²) in [5.74, 6) is 0.925. The van der Waals surface area contributed by atoms with Crippen LogP contribution in [0.3, 0.4) is 0 Å². The second-order valence-electron chi connectivity index (χ2n) is 6.86. The minimum Gasteiger partial charge on any atom is -0.385 e. The molecule has 3 heterocycles. The van der Waals surface area contributed by atoms with Crippen LogP contribution in [-0.2, 0) is 4.74 Å². The number of hydrogen-bond donors (Lipinski definition) is 1. The van der Waals surface area contributed by atoms with Gasteiger partial charge in [0.05, 0.1) is 10.3 Å². The van der Waals surface area contributed by atoms with E-state index in [-0.39, 0.29) is 5.91 Å². The first-order valence-electron chi connectivity index (χ1n) is 9.64. The molecule has 7 nitrogen and oxygen atoms in total. The average molecular weight is 392 g/mol. The van der Waals surface area contributed by atoms with Gasteiger partial charge in [-0.2, -0.15) is 0 Å². The molecule has 1 aliphatic rings. The van der Waals surface area contributed by atoms with Crippen LogP contribution in [0.5, 0.6) is 0 Å². The van der Waals surface area contributed by atoms with Crippen molar-refractivity contribution in [1.29, 1.82) is 0 Å². The fourth-order valence-electron chi connectivity index (χ4n) is 3.51. The normalized spacial score (nSPS) is 15.4. The standard InChI is InChI=1S/C19H29N5O2S/c1-4-7-23-8-10-24(11-9-23)17-15-14(2)16(27-19(15)22-13-21-17)18(25)20-6-5-12-26-3/h13H,4-12H2,1-3H3,(H,20,25). The minimum atomic E-state index is -0.0367. The van der Waals surface area contributed by atoms with E-state index >= 15 is 0 Å². The van der Waals surface area contributed by atoms with Crippen molar-refractivity contribution in [3.8, 4) is 0 Å². The minimum absolute atomic E-state index is 0.0367. The smallest absolute Gasteiger partial charge is 0.261 e. The Balaban J connectivity index is 1.78. The van der Waals surface area contributed by atoms with Gasteiger partial charge in [0, 0.05) is 46.4 Å². The van der Waals surface area contributed by atoms with Crippen LogP contribution in [0.4, 0.5) is 5.82 Å². The van der Waals surface area contributed by atoms with E-state index in [4.69, 9.17) is 4.74 Å². The SMILES string of the molecule is CCCN1CCN(c2ncnc3sc(C(=O)NCCCOC)c(C)c23)CC1. The number of amides is 1. The summed E-state index contributed by atoms with van der Waals surface area (Å²) < 4.78 is 5.03. The van der Waals surface area contributed by atoms with Crippen LogP contribution < -0.4 is 10.2 Å². The van der Waals surface area contributed by atoms with Crippen LogP contribution in [-0.4, -0.2) is 73.8 Å². The van der Waals surface area contributed by atoms with Gasteiger partial charge in [-0.25, -0.2) is 9.97 Å². The highest BCUT2D eigenvalue weighted by molar-refractivity contribution is 7.20. The molecule has 0 unspecified atom stereocenters. The van der Waals surface area contributed by atoms with Crippen molar-refractivity contribution in [2.75, 3.05) is 57.9 Å². The number of ether oxygens (including phenoxy) is 1. The molecular formula is C19H29N5O2S. The van der Waals surface area contributed by atoms with Gasteiger partial charge in [0.2, 0.25) is 0 Å². The summed E-state index contributed by atoms with van der Waals surface area (Å²) in [6, 6.07) is 0. The average Bonchev–Trinajstić information content (AvgIpc) is 3.03. The summed E-state index contributed by atoms with van der Waals surface area (Å²) in [5, 5.41) is 4.00. The summed E-state index contributed by atoms with van der Waals surface area (Å²) in [6.45, 7) is 10.6. The van der Waals surface area contributed by atoms with Gasteiger partial charge in [0.15, 0.2) is 0 Å². The predicted octanol–water partition coefficient (Wildman–Crippen LogP) is 2.30. The zero-order valence-electron chi connectivity index (χ0n) is 16.5. The van der Waals surface area contributed by atoms with Crippen molar-refractivity contribution in [1.82, 2.24) is 20.2 Å². The third-order valence-corrected chi connectivity index (χ3v) is 6.13. The highest BCUT2D eigenvalue weighted by atomic mass is 32.1. The lowest BCUT2D eigenvalue weighted by atomic mass is 10.1. The largest absolute Gasteiger partial charge is 0.385 e. The van der Waals surface area contributed by atoms with Crippen LogP contribution in [0.25, 0.3) is 10.2 Å². The van der Waals surface area contributed by atoms with Crippen molar-refractivity contribution < 1.29 is 9.53 Å². The lowest BCUT2D eigenvalue weighted by Crippen LogP contribution is -2.46. The van der Waals surface area contributed by atoms with Gasteiger partial charge in [0.25, 0.3) is 5.91 Å². The number of aryl methyl sites for hydroxylation is 1. The first-order valence-corrected chi connectivity index (χ1v) is 10.5. The number of fused-ring (bicyclic) bond motifs is 1. The predicted molar refractivity (Wildman–Crippen MR) is 110 cm³/mol. The molecule has 0 bridgehead atoms. The Morgan fingerprint density at radius 3 is 2.78 bits per heavy atom. The third kappa shape index (κ3) is 4.56. The summed E-state index contributed by atoms with van der Waals surface area (Å²) in [7, 11) is 1.67. The fourth-order valence-corrected chi connectivity index (χ4v) is 4.57. The van der Waals surface area contributed by atoms with Gasteiger partial charge in [-0.15, -0.1) is 11.3 Å². The van der Waals surface area contributed by atoms with E-state index in [0.29, 0.717) is 13.2 Å². The molecule has 1 fully saturated rings. The van der Waals surface area contributed by atoms with Crippen LogP contribution in [0, 0.1) is 6.92 Å². The maximum atomic E-state index is 12.6. The van der Waals surface area contributed by atoms with Gasteiger partial charge in [-0.3, -0.25) is 9.69 Å². The molecule has 1 aliphatic heterocycles. The number of rotatable bonds is 8. The van der Waals surface area contributed by atoms with E-state index in [1.54, 1.807) is 13.4 Å². The van der Waals surface area contributed by atoms with Crippen molar-refractivity contribution in [3.63, 3.8) is 0 Å². The molecule has 0 aliphatic carbocycles. The lowest BCUT2D eigenvalue weighted by molar-refractivity contribution is 0.0952. The summed E-state index contributed by atoms with van der Waals surface area (Å²) in [6.07, 6.45) is 3.61. The molecule has 3 rings (SSSR count). The molecular weight excluding hydrogens is 362 g/mol. The summed E-state index contributed by atoms with van der Waals surface area (Å²) in [4.78, 5) is 28.0. The Bertz CT molecular complexity index is 771. The van der Waals surface area contributed by atoms with E-state index in [9.17, 15) is 4.79 Å². The zero-order valence-corrected chi connectivity index (χ0v) is 17.3. The number of carbonyl (C=O) groups is 1. The third-order valence-electron chi connectivity index (χ3n) is 4.94. The van der Waals surface area contributed by atoms with Gasteiger partial charge < -0.3 is 15.0 Å². The van der Waals surface area contributed by atoms with Crippen molar-refractivity contribution >= 4 is 33.3 Å². The highest BCUT2D eigenvalue weighted by Gasteiger charge is 2.24. The Hall–Kier alpha value is -1.77. The molecule has 0 aromatic carbocycles. The molecule has 1 saturated heterocycles. The number of carbonyl (C=O) groups excluding carboxylic acids is 1.